The molecule has 2 heterocycles. The highest BCUT2D eigenvalue weighted by Crippen LogP contribution is 2.38. The Morgan fingerprint density at radius 1 is 1.07 bits per heavy atom. The summed E-state index contributed by atoms with van der Waals surface area (Å²) in [5, 5.41) is 10.1. The molecular weight excluding hydrogens is 524 g/mol. The number of nitrogens with one attached hydrogen (secondary N) is 1. The fourth-order valence-electron chi connectivity index (χ4n) is 5.60. The van der Waals surface area contributed by atoms with Crippen LogP contribution >= 0.6 is 0 Å². The topological polar surface area (TPSA) is 125 Å². The number of rotatable bonds is 11. The number of anilines is 1. The van der Waals surface area contributed by atoms with Crippen LogP contribution in [0.3, 0.4) is 0 Å². The van der Waals surface area contributed by atoms with Crippen LogP contribution in [0.15, 0.2) is 48.7 Å². The SMILES string of the molecule is COc1cc(-c2nc(NOC(=O)c3cc4ccccc4n3CC(=O)O)ncc2CCC2CCCC2)c(OC)cc1C. The van der Waals surface area contributed by atoms with Gasteiger partial charge in [0.15, 0.2) is 0 Å². The first-order valence-electron chi connectivity index (χ1n) is 13.7. The minimum atomic E-state index is -1.07. The van der Waals surface area contributed by atoms with Crippen molar-refractivity contribution < 1.29 is 29.0 Å². The number of carboxylic acid groups (broad SMARTS) is 1. The first-order valence-corrected chi connectivity index (χ1v) is 13.7. The average molecular weight is 559 g/mol. The van der Waals surface area contributed by atoms with Crippen molar-refractivity contribution in [3.05, 3.63) is 65.5 Å². The standard InChI is InChI=1S/C31H34N4O6/c1-19-14-27(40-3)23(16-26(19)39-2)29-22(13-12-20-8-4-5-9-20)17-32-31(33-29)34-41-30(38)25-15-21-10-6-7-11-24(21)35(25)18-28(36)37/h6-7,10-11,14-17,20H,4-5,8-9,12-13,18H2,1-3H3,(H,36,37)(H,32,33,34). The van der Waals surface area contributed by atoms with Gasteiger partial charge in [0.2, 0.25) is 0 Å². The number of fused-ring (bicyclic) bond motifs is 1. The fourth-order valence-corrected chi connectivity index (χ4v) is 5.60. The molecule has 1 aliphatic carbocycles. The summed E-state index contributed by atoms with van der Waals surface area (Å²) >= 11 is 0. The number of methoxy groups -OCH3 is 2. The molecule has 0 radical (unpaired) electrons. The lowest BCUT2D eigenvalue weighted by Gasteiger charge is -2.17. The quantitative estimate of drug-likeness (QED) is 0.219. The molecule has 5 rings (SSSR count). The van der Waals surface area contributed by atoms with Crippen LogP contribution in [0.1, 0.15) is 53.7 Å². The Morgan fingerprint density at radius 2 is 1.83 bits per heavy atom. The van der Waals surface area contributed by atoms with Gasteiger partial charge in [0, 0.05) is 22.7 Å². The summed E-state index contributed by atoms with van der Waals surface area (Å²) in [4.78, 5) is 39.1. The van der Waals surface area contributed by atoms with Crippen molar-refractivity contribution in [2.24, 2.45) is 5.92 Å². The predicted molar refractivity (Wildman–Crippen MR) is 154 cm³/mol. The van der Waals surface area contributed by atoms with Crippen LogP contribution in [0.25, 0.3) is 22.2 Å². The lowest BCUT2D eigenvalue weighted by atomic mass is 9.95. The Bertz CT molecular complexity index is 1570. The Balaban J connectivity index is 1.45. The highest BCUT2D eigenvalue weighted by atomic mass is 16.7. The third-order valence-corrected chi connectivity index (χ3v) is 7.68. The third kappa shape index (κ3) is 6.11. The molecule has 0 spiro atoms. The number of hydrogen-bond acceptors (Lipinski definition) is 8. The number of para-hydroxylation sites is 1. The van der Waals surface area contributed by atoms with Crippen LogP contribution in [-0.2, 0) is 22.6 Å². The normalized spacial score (nSPS) is 13.3. The Hall–Kier alpha value is -4.60. The summed E-state index contributed by atoms with van der Waals surface area (Å²) in [7, 11) is 3.23. The van der Waals surface area contributed by atoms with Gasteiger partial charge in [0.1, 0.15) is 23.7 Å². The molecule has 0 bridgehead atoms. The van der Waals surface area contributed by atoms with E-state index in [4.69, 9.17) is 19.3 Å². The maximum atomic E-state index is 13.1. The number of hydrogen-bond donors (Lipinski definition) is 2. The molecule has 0 aliphatic heterocycles. The Labute approximate surface area is 238 Å². The van der Waals surface area contributed by atoms with Crippen molar-refractivity contribution in [1.29, 1.82) is 0 Å². The number of aliphatic carboxylic acids is 1. The Kier molecular flexibility index (Phi) is 8.37. The third-order valence-electron chi connectivity index (χ3n) is 7.68. The van der Waals surface area contributed by atoms with Gasteiger partial charge in [0.05, 0.1) is 19.9 Å². The van der Waals surface area contributed by atoms with Crippen molar-refractivity contribution in [3.63, 3.8) is 0 Å². The van der Waals surface area contributed by atoms with E-state index in [1.807, 2.05) is 25.1 Å². The number of ether oxygens (including phenoxy) is 2. The minimum absolute atomic E-state index is 0.0838. The molecule has 1 saturated carbocycles. The molecular formula is C31H34N4O6. The summed E-state index contributed by atoms with van der Waals surface area (Å²) in [6.45, 7) is 1.56. The number of aromatic nitrogens is 3. The van der Waals surface area contributed by atoms with Crippen LogP contribution < -0.4 is 15.0 Å². The summed E-state index contributed by atoms with van der Waals surface area (Å²) in [6, 6.07) is 12.6. The molecule has 0 saturated heterocycles. The lowest BCUT2D eigenvalue weighted by Crippen LogP contribution is -2.19. The number of carbonyl (C=O) groups is 2. The van der Waals surface area contributed by atoms with Gasteiger partial charge in [-0.2, -0.15) is 5.48 Å². The minimum Gasteiger partial charge on any atom is -0.496 e. The summed E-state index contributed by atoms with van der Waals surface area (Å²) < 4.78 is 12.7. The van der Waals surface area contributed by atoms with Crippen LogP contribution in [0, 0.1) is 12.8 Å². The van der Waals surface area contributed by atoms with Crippen LogP contribution in [0.2, 0.25) is 0 Å². The zero-order valence-corrected chi connectivity index (χ0v) is 23.5. The van der Waals surface area contributed by atoms with Gasteiger partial charge in [-0.1, -0.05) is 43.9 Å². The fraction of sp³-hybridized carbons (Fsp3) is 0.355. The number of carboxylic acids is 1. The molecule has 2 aromatic heterocycles. The molecule has 0 amide bonds. The van der Waals surface area contributed by atoms with Gasteiger partial charge in [0.25, 0.3) is 5.95 Å². The molecule has 0 atom stereocenters. The smallest absolute Gasteiger partial charge is 0.379 e. The Morgan fingerprint density at radius 3 is 2.56 bits per heavy atom. The zero-order valence-electron chi connectivity index (χ0n) is 23.5. The molecule has 0 unspecified atom stereocenters. The van der Waals surface area contributed by atoms with Crippen molar-refractivity contribution in [3.8, 4) is 22.8 Å². The predicted octanol–water partition coefficient (Wildman–Crippen LogP) is 5.82. The van der Waals surface area contributed by atoms with Crippen LogP contribution in [0.5, 0.6) is 11.5 Å². The molecule has 10 nitrogen and oxygen atoms in total. The maximum absolute atomic E-state index is 13.1. The van der Waals surface area contributed by atoms with Crippen molar-refractivity contribution in [2.75, 3.05) is 19.7 Å². The average Bonchev–Trinajstić information content (AvgIpc) is 3.63. The second-order valence-corrected chi connectivity index (χ2v) is 10.3. The van der Waals surface area contributed by atoms with Crippen LogP contribution in [0.4, 0.5) is 5.95 Å². The molecule has 214 valence electrons. The number of carbonyl (C=O) groups excluding carboxylic acids is 1. The van der Waals surface area contributed by atoms with Crippen molar-refractivity contribution in [2.45, 2.75) is 52.0 Å². The van der Waals surface area contributed by atoms with Gasteiger partial charge in [-0.05, 0) is 61.1 Å². The monoisotopic (exact) mass is 558 g/mol. The number of benzene rings is 2. The van der Waals surface area contributed by atoms with E-state index in [1.54, 1.807) is 44.7 Å². The van der Waals surface area contributed by atoms with E-state index in [0.29, 0.717) is 28.6 Å². The molecule has 41 heavy (non-hydrogen) atoms. The molecule has 2 N–H and O–H groups in total. The van der Waals surface area contributed by atoms with Gasteiger partial charge < -0.3 is 24.0 Å². The summed E-state index contributed by atoms with van der Waals surface area (Å²) in [5.74, 6) is 0.289. The second-order valence-electron chi connectivity index (χ2n) is 10.3. The highest BCUT2D eigenvalue weighted by Gasteiger charge is 2.22. The largest absolute Gasteiger partial charge is 0.496 e. The van der Waals surface area contributed by atoms with Gasteiger partial charge >= 0.3 is 11.9 Å². The lowest BCUT2D eigenvalue weighted by molar-refractivity contribution is -0.137. The maximum Gasteiger partial charge on any atom is 0.379 e. The first-order chi connectivity index (χ1) is 19.9. The van der Waals surface area contributed by atoms with E-state index in [1.165, 1.54) is 30.3 Å². The second kappa shape index (κ2) is 12.3. The molecule has 4 aromatic rings. The number of aryl methyl sites for hydroxylation is 2. The van der Waals surface area contributed by atoms with Crippen molar-refractivity contribution in [1.82, 2.24) is 14.5 Å². The molecule has 1 fully saturated rings. The van der Waals surface area contributed by atoms with E-state index in [9.17, 15) is 14.7 Å². The molecule has 2 aromatic carbocycles. The van der Waals surface area contributed by atoms with E-state index >= 15 is 0 Å². The van der Waals surface area contributed by atoms with Gasteiger partial charge in [-0.3, -0.25) is 4.79 Å². The van der Waals surface area contributed by atoms with Gasteiger partial charge in [-0.25, -0.2) is 14.8 Å². The summed E-state index contributed by atoms with van der Waals surface area (Å²) in [5.41, 5.74) is 6.58. The molecule has 10 heteroatoms. The van der Waals surface area contributed by atoms with E-state index in [2.05, 4.69) is 10.5 Å². The zero-order chi connectivity index (χ0) is 28.9. The van der Waals surface area contributed by atoms with Gasteiger partial charge in [-0.15, -0.1) is 0 Å². The summed E-state index contributed by atoms with van der Waals surface area (Å²) in [6.07, 6.45) is 8.62. The van der Waals surface area contributed by atoms with E-state index < -0.39 is 11.9 Å². The van der Waals surface area contributed by atoms with E-state index in [0.717, 1.165) is 34.9 Å². The first kappa shape index (κ1) is 27.9. The number of nitrogens with zero attached hydrogens (tertiary/aromatic N) is 3. The van der Waals surface area contributed by atoms with E-state index in [-0.39, 0.29) is 18.2 Å². The van der Waals surface area contributed by atoms with Crippen molar-refractivity contribution >= 4 is 28.8 Å². The highest BCUT2D eigenvalue weighted by molar-refractivity contribution is 5.96. The molecule has 1 aliphatic rings. The van der Waals surface area contributed by atoms with Crippen LogP contribution in [-0.4, -0.2) is 45.8 Å².